The van der Waals surface area contributed by atoms with Gasteiger partial charge in [-0.2, -0.15) is 18.3 Å². The highest BCUT2D eigenvalue weighted by Crippen LogP contribution is 2.22. The van der Waals surface area contributed by atoms with E-state index in [0.717, 1.165) is 41.7 Å². The number of ether oxygens (including phenoxy) is 2. The van der Waals surface area contributed by atoms with Gasteiger partial charge in [-0.25, -0.2) is 19.4 Å². The first-order chi connectivity index (χ1) is 15.3. The molecule has 0 spiro atoms. The third kappa shape index (κ3) is 5.94. The standard InChI is InChI=1S/C18H19N5O2.C2HF3O2/c1-24-16-4-2-3-15(11-16)23-13-14(12-20-23)17-5-6-19-18(21-17)22-7-9-25-10-8-22;3-2(4,5)1(6)7/h2-6,11-13H,7-10H2,1H3;(H,6,7). The molecular formula is C20H20F3N5O4. The van der Waals surface area contributed by atoms with Crippen LogP contribution in [0.15, 0.2) is 48.9 Å². The fourth-order valence-corrected chi connectivity index (χ4v) is 2.77. The number of halogens is 3. The molecule has 0 amide bonds. The minimum absolute atomic E-state index is 0.710. The largest absolute Gasteiger partial charge is 0.497 e. The Morgan fingerprint density at radius 2 is 1.94 bits per heavy atom. The van der Waals surface area contributed by atoms with Gasteiger partial charge < -0.3 is 19.5 Å². The van der Waals surface area contributed by atoms with E-state index in [4.69, 9.17) is 19.4 Å². The Morgan fingerprint density at radius 1 is 1.22 bits per heavy atom. The maximum atomic E-state index is 10.6. The number of hydrogen-bond donors (Lipinski definition) is 1. The van der Waals surface area contributed by atoms with E-state index < -0.39 is 12.1 Å². The molecule has 0 radical (unpaired) electrons. The van der Waals surface area contributed by atoms with Crippen molar-refractivity contribution < 1.29 is 32.5 Å². The number of aliphatic carboxylic acids is 1. The molecule has 0 bridgehead atoms. The average Bonchev–Trinajstić information content (AvgIpc) is 3.30. The van der Waals surface area contributed by atoms with Gasteiger partial charge in [0.25, 0.3) is 0 Å². The van der Waals surface area contributed by atoms with E-state index in [2.05, 4.69) is 20.0 Å². The molecule has 0 aliphatic carbocycles. The molecular weight excluding hydrogens is 431 g/mol. The Labute approximate surface area is 181 Å². The van der Waals surface area contributed by atoms with Gasteiger partial charge in [-0.15, -0.1) is 0 Å². The summed E-state index contributed by atoms with van der Waals surface area (Å²) >= 11 is 0. The second-order valence-corrected chi connectivity index (χ2v) is 6.52. The van der Waals surface area contributed by atoms with Crippen molar-refractivity contribution in [1.82, 2.24) is 19.7 Å². The van der Waals surface area contributed by atoms with Gasteiger partial charge in [0, 0.05) is 37.1 Å². The van der Waals surface area contributed by atoms with Crippen molar-refractivity contribution in [2.75, 3.05) is 38.3 Å². The lowest BCUT2D eigenvalue weighted by Crippen LogP contribution is -2.37. The molecule has 0 atom stereocenters. The molecule has 1 aromatic carbocycles. The van der Waals surface area contributed by atoms with Crippen LogP contribution in [0.3, 0.4) is 0 Å². The van der Waals surface area contributed by atoms with Crippen molar-refractivity contribution in [3.63, 3.8) is 0 Å². The molecule has 4 rings (SSSR count). The Bertz CT molecular complexity index is 1050. The minimum Gasteiger partial charge on any atom is -0.497 e. The number of carboxylic acids is 1. The molecule has 3 aromatic rings. The quantitative estimate of drug-likeness (QED) is 0.646. The molecule has 1 fully saturated rings. The first-order valence-corrected chi connectivity index (χ1v) is 9.43. The fraction of sp³-hybridized carbons (Fsp3) is 0.300. The molecule has 1 aliphatic heterocycles. The Balaban J connectivity index is 0.000000360. The molecule has 9 nitrogen and oxygen atoms in total. The highest BCUT2D eigenvalue weighted by atomic mass is 19.4. The van der Waals surface area contributed by atoms with E-state index in [1.165, 1.54) is 0 Å². The number of hydrogen-bond acceptors (Lipinski definition) is 7. The Kier molecular flexibility index (Phi) is 7.25. The predicted molar refractivity (Wildman–Crippen MR) is 108 cm³/mol. The molecule has 0 saturated carbocycles. The molecule has 12 heteroatoms. The van der Waals surface area contributed by atoms with Crippen molar-refractivity contribution in [1.29, 1.82) is 0 Å². The van der Waals surface area contributed by atoms with Crippen LogP contribution in [0.25, 0.3) is 16.9 Å². The summed E-state index contributed by atoms with van der Waals surface area (Å²) in [6.45, 7) is 3.04. The van der Waals surface area contributed by atoms with Crippen molar-refractivity contribution in [2.45, 2.75) is 6.18 Å². The summed E-state index contributed by atoms with van der Waals surface area (Å²) in [6, 6.07) is 9.68. The second kappa shape index (κ2) is 10.1. The number of methoxy groups -OCH3 is 1. The zero-order chi connectivity index (χ0) is 23.1. The molecule has 1 N–H and O–H groups in total. The van der Waals surface area contributed by atoms with E-state index >= 15 is 0 Å². The van der Waals surface area contributed by atoms with Gasteiger partial charge in [-0.3, -0.25) is 0 Å². The summed E-state index contributed by atoms with van der Waals surface area (Å²) in [5.41, 5.74) is 2.73. The molecule has 2 aromatic heterocycles. The van der Waals surface area contributed by atoms with E-state index in [0.29, 0.717) is 13.2 Å². The van der Waals surface area contributed by atoms with Gasteiger partial charge in [0.05, 0.1) is 37.9 Å². The van der Waals surface area contributed by atoms with E-state index in [1.807, 2.05) is 47.4 Å². The zero-order valence-electron chi connectivity index (χ0n) is 17.0. The predicted octanol–water partition coefficient (Wildman–Crippen LogP) is 2.81. The van der Waals surface area contributed by atoms with Crippen LogP contribution in [0, 0.1) is 0 Å². The summed E-state index contributed by atoms with van der Waals surface area (Å²) in [7, 11) is 1.65. The van der Waals surface area contributed by atoms with E-state index in [1.54, 1.807) is 13.3 Å². The van der Waals surface area contributed by atoms with Crippen LogP contribution < -0.4 is 9.64 Å². The number of morpholine rings is 1. The number of anilines is 1. The summed E-state index contributed by atoms with van der Waals surface area (Å²) < 4.78 is 44.2. The third-order valence-electron chi connectivity index (χ3n) is 4.38. The molecule has 32 heavy (non-hydrogen) atoms. The Morgan fingerprint density at radius 3 is 2.59 bits per heavy atom. The van der Waals surface area contributed by atoms with Crippen molar-refractivity contribution >= 4 is 11.9 Å². The number of aromatic nitrogens is 4. The van der Waals surface area contributed by atoms with Crippen molar-refractivity contribution in [2.24, 2.45) is 0 Å². The van der Waals surface area contributed by atoms with Crippen LogP contribution in [-0.4, -0.2) is 70.4 Å². The van der Waals surface area contributed by atoms with Gasteiger partial charge in [0.15, 0.2) is 0 Å². The minimum atomic E-state index is -5.08. The molecule has 3 heterocycles. The number of benzene rings is 1. The van der Waals surface area contributed by atoms with Crippen molar-refractivity contribution in [3.05, 3.63) is 48.9 Å². The maximum absolute atomic E-state index is 10.6. The van der Waals surface area contributed by atoms with Crippen molar-refractivity contribution in [3.8, 4) is 22.7 Å². The average molecular weight is 451 g/mol. The number of rotatable bonds is 4. The van der Waals surface area contributed by atoms with E-state index in [9.17, 15) is 13.2 Å². The molecule has 1 saturated heterocycles. The normalized spacial score (nSPS) is 13.8. The third-order valence-corrected chi connectivity index (χ3v) is 4.38. The van der Waals surface area contributed by atoms with Crippen LogP contribution in [0.4, 0.5) is 19.1 Å². The van der Waals surface area contributed by atoms with E-state index in [-0.39, 0.29) is 0 Å². The number of carboxylic acid groups (broad SMARTS) is 1. The lowest BCUT2D eigenvalue weighted by atomic mass is 10.2. The monoisotopic (exact) mass is 451 g/mol. The SMILES string of the molecule is COc1cccc(-n2cc(-c3ccnc(N4CCOCC4)n3)cn2)c1.O=C(O)C(F)(F)F. The molecule has 1 aliphatic rings. The number of carbonyl (C=O) groups is 1. The van der Waals surface area contributed by atoms with Gasteiger partial charge >= 0.3 is 12.1 Å². The topological polar surface area (TPSA) is 103 Å². The summed E-state index contributed by atoms with van der Waals surface area (Å²) in [6.07, 6.45) is 0.473. The lowest BCUT2D eigenvalue weighted by molar-refractivity contribution is -0.192. The zero-order valence-corrected chi connectivity index (χ0v) is 17.0. The first-order valence-electron chi connectivity index (χ1n) is 9.43. The fourth-order valence-electron chi connectivity index (χ4n) is 2.77. The smallest absolute Gasteiger partial charge is 0.490 e. The molecule has 170 valence electrons. The van der Waals surface area contributed by atoms with Crippen LogP contribution in [0.2, 0.25) is 0 Å². The summed E-state index contributed by atoms with van der Waals surface area (Å²) in [5.74, 6) is -1.23. The summed E-state index contributed by atoms with van der Waals surface area (Å²) in [5, 5.41) is 11.6. The van der Waals surface area contributed by atoms with Gasteiger partial charge in [-0.1, -0.05) is 6.07 Å². The maximum Gasteiger partial charge on any atom is 0.490 e. The van der Waals surface area contributed by atoms with Gasteiger partial charge in [-0.05, 0) is 18.2 Å². The van der Waals surface area contributed by atoms with Crippen LogP contribution in [0.1, 0.15) is 0 Å². The number of nitrogens with zero attached hydrogens (tertiary/aromatic N) is 5. The van der Waals surface area contributed by atoms with Crippen LogP contribution >= 0.6 is 0 Å². The first kappa shape index (κ1) is 23.0. The number of alkyl halides is 3. The van der Waals surface area contributed by atoms with Gasteiger partial charge in [0.1, 0.15) is 5.75 Å². The van der Waals surface area contributed by atoms with Crippen LogP contribution in [-0.2, 0) is 9.53 Å². The second-order valence-electron chi connectivity index (χ2n) is 6.52. The Hall–Kier alpha value is -3.67. The highest BCUT2D eigenvalue weighted by molar-refractivity contribution is 5.73. The summed E-state index contributed by atoms with van der Waals surface area (Å²) in [4.78, 5) is 20.1. The lowest BCUT2D eigenvalue weighted by Gasteiger charge is -2.26. The van der Waals surface area contributed by atoms with Gasteiger partial charge in [0.2, 0.25) is 5.95 Å². The molecule has 0 unspecified atom stereocenters. The highest BCUT2D eigenvalue weighted by Gasteiger charge is 2.38. The van der Waals surface area contributed by atoms with Crippen LogP contribution in [0.5, 0.6) is 5.75 Å².